The van der Waals surface area contributed by atoms with Crippen LogP contribution in [0.2, 0.25) is 0 Å². The van der Waals surface area contributed by atoms with Crippen LogP contribution >= 0.6 is 0 Å². The summed E-state index contributed by atoms with van der Waals surface area (Å²) in [6.07, 6.45) is 1.28. The van der Waals surface area contributed by atoms with Gasteiger partial charge in [0.25, 0.3) is 5.91 Å². The van der Waals surface area contributed by atoms with Crippen LogP contribution in [-0.2, 0) is 11.3 Å². The van der Waals surface area contributed by atoms with Gasteiger partial charge < -0.3 is 15.3 Å². The van der Waals surface area contributed by atoms with Gasteiger partial charge in [-0.05, 0) is 43.0 Å². The number of benzene rings is 2. The van der Waals surface area contributed by atoms with Crippen molar-refractivity contribution in [1.29, 1.82) is 0 Å². The minimum absolute atomic E-state index is 0.0118. The topological polar surface area (TPSA) is 69.6 Å². The second kappa shape index (κ2) is 8.04. The largest absolute Gasteiger partial charge is 0.507 e. The second-order valence-electron chi connectivity index (χ2n) is 6.79. The number of piperidine rings is 1. The van der Waals surface area contributed by atoms with Gasteiger partial charge in [0, 0.05) is 25.6 Å². The van der Waals surface area contributed by atoms with Gasteiger partial charge in [0.1, 0.15) is 5.75 Å². The van der Waals surface area contributed by atoms with Crippen LogP contribution in [-0.4, -0.2) is 34.9 Å². The van der Waals surface area contributed by atoms with Crippen molar-refractivity contribution >= 4 is 11.8 Å². The molecule has 0 radical (unpaired) electrons. The summed E-state index contributed by atoms with van der Waals surface area (Å²) in [6.45, 7) is 3.44. The molecule has 5 nitrogen and oxygen atoms in total. The van der Waals surface area contributed by atoms with Crippen molar-refractivity contribution in [1.82, 2.24) is 10.2 Å². The molecule has 0 saturated carbocycles. The number of hydrogen-bond acceptors (Lipinski definition) is 3. The molecule has 1 saturated heterocycles. The Balaban J connectivity index is 1.52. The van der Waals surface area contributed by atoms with Crippen LogP contribution in [0.25, 0.3) is 0 Å². The Labute approximate surface area is 153 Å². The Morgan fingerprint density at radius 3 is 2.46 bits per heavy atom. The van der Waals surface area contributed by atoms with Crippen molar-refractivity contribution in [2.24, 2.45) is 5.92 Å². The van der Waals surface area contributed by atoms with E-state index < -0.39 is 0 Å². The SMILES string of the molecule is Cc1ccc(C(=O)N2CCC(C(=O)NCc3ccccc3)CC2)c(O)c1. The molecule has 1 fully saturated rings. The lowest BCUT2D eigenvalue weighted by Crippen LogP contribution is -2.42. The Morgan fingerprint density at radius 1 is 1.12 bits per heavy atom. The van der Waals surface area contributed by atoms with Gasteiger partial charge in [-0.15, -0.1) is 0 Å². The number of phenolic OH excluding ortho intramolecular Hbond substituents is 1. The molecule has 2 N–H and O–H groups in total. The third-order valence-corrected chi connectivity index (χ3v) is 4.85. The lowest BCUT2D eigenvalue weighted by atomic mass is 9.95. The molecule has 136 valence electrons. The van der Waals surface area contributed by atoms with Crippen molar-refractivity contribution in [3.63, 3.8) is 0 Å². The van der Waals surface area contributed by atoms with Gasteiger partial charge in [-0.3, -0.25) is 9.59 Å². The van der Waals surface area contributed by atoms with Gasteiger partial charge in [0.05, 0.1) is 5.56 Å². The van der Waals surface area contributed by atoms with Crippen LogP contribution in [0, 0.1) is 12.8 Å². The zero-order valence-corrected chi connectivity index (χ0v) is 14.9. The molecule has 2 aromatic rings. The van der Waals surface area contributed by atoms with Crippen LogP contribution in [0.5, 0.6) is 5.75 Å². The smallest absolute Gasteiger partial charge is 0.257 e. The fraction of sp³-hybridized carbons (Fsp3) is 0.333. The number of aromatic hydroxyl groups is 1. The molecule has 1 aliphatic heterocycles. The monoisotopic (exact) mass is 352 g/mol. The van der Waals surface area contributed by atoms with E-state index in [1.165, 1.54) is 0 Å². The highest BCUT2D eigenvalue weighted by molar-refractivity contribution is 5.97. The van der Waals surface area contributed by atoms with Gasteiger partial charge in [-0.25, -0.2) is 0 Å². The van der Waals surface area contributed by atoms with Gasteiger partial charge in [-0.2, -0.15) is 0 Å². The summed E-state index contributed by atoms with van der Waals surface area (Å²) in [6, 6.07) is 14.9. The molecule has 2 aromatic carbocycles. The van der Waals surface area contributed by atoms with E-state index in [0.29, 0.717) is 38.0 Å². The Bertz CT molecular complexity index is 781. The van der Waals surface area contributed by atoms with Crippen molar-refractivity contribution in [2.45, 2.75) is 26.3 Å². The lowest BCUT2D eigenvalue weighted by molar-refractivity contribution is -0.126. The van der Waals surface area contributed by atoms with E-state index in [9.17, 15) is 14.7 Å². The summed E-state index contributed by atoms with van der Waals surface area (Å²) < 4.78 is 0. The fourth-order valence-electron chi connectivity index (χ4n) is 3.27. The molecule has 0 unspecified atom stereocenters. The highest BCUT2D eigenvalue weighted by Gasteiger charge is 2.28. The molecule has 26 heavy (non-hydrogen) atoms. The average Bonchev–Trinajstić information content (AvgIpc) is 2.66. The first-order chi connectivity index (χ1) is 12.5. The van der Waals surface area contributed by atoms with Crippen LogP contribution < -0.4 is 5.32 Å². The third-order valence-electron chi connectivity index (χ3n) is 4.85. The molecule has 0 aliphatic carbocycles. The number of nitrogens with zero attached hydrogens (tertiary/aromatic N) is 1. The van der Waals surface area contributed by atoms with Crippen LogP contribution in [0.3, 0.4) is 0 Å². The predicted molar refractivity (Wildman–Crippen MR) is 99.8 cm³/mol. The number of amides is 2. The van der Waals surface area contributed by atoms with Gasteiger partial charge in [0.15, 0.2) is 0 Å². The summed E-state index contributed by atoms with van der Waals surface area (Å²) >= 11 is 0. The third kappa shape index (κ3) is 4.23. The maximum Gasteiger partial charge on any atom is 0.257 e. The molecule has 1 heterocycles. The van der Waals surface area contributed by atoms with E-state index in [1.54, 1.807) is 17.0 Å². The normalized spacial score (nSPS) is 14.9. The number of aryl methyl sites for hydroxylation is 1. The van der Waals surface area contributed by atoms with Crippen molar-refractivity contribution < 1.29 is 14.7 Å². The first-order valence-electron chi connectivity index (χ1n) is 8.95. The predicted octanol–water partition coefficient (Wildman–Crippen LogP) is 2.87. The van der Waals surface area contributed by atoms with Crippen molar-refractivity contribution in [3.05, 3.63) is 65.2 Å². The maximum absolute atomic E-state index is 12.6. The first-order valence-corrected chi connectivity index (χ1v) is 8.95. The quantitative estimate of drug-likeness (QED) is 0.889. The number of carbonyl (C=O) groups excluding carboxylic acids is 2. The van der Waals surface area contributed by atoms with Crippen molar-refractivity contribution in [3.8, 4) is 5.75 Å². The van der Waals surface area contributed by atoms with Gasteiger partial charge >= 0.3 is 0 Å². The molecular formula is C21H24N2O3. The van der Waals surface area contributed by atoms with Gasteiger partial charge in [-0.1, -0.05) is 36.4 Å². The standard InChI is InChI=1S/C21H24N2O3/c1-15-7-8-18(19(24)13-15)21(26)23-11-9-17(10-12-23)20(25)22-14-16-5-3-2-4-6-16/h2-8,13,17,24H,9-12,14H2,1H3,(H,22,25). The number of carbonyl (C=O) groups is 2. The number of nitrogens with one attached hydrogen (secondary N) is 1. The van der Waals surface area contributed by atoms with Crippen LogP contribution in [0.4, 0.5) is 0 Å². The van der Waals surface area contributed by atoms with E-state index in [-0.39, 0.29) is 23.5 Å². The van der Waals surface area contributed by atoms with E-state index in [0.717, 1.165) is 11.1 Å². The number of hydrogen-bond donors (Lipinski definition) is 2. The van der Waals surface area contributed by atoms with Crippen molar-refractivity contribution in [2.75, 3.05) is 13.1 Å². The highest BCUT2D eigenvalue weighted by Crippen LogP contribution is 2.24. The van der Waals surface area contributed by atoms with Crippen LogP contribution in [0.15, 0.2) is 48.5 Å². The maximum atomic E-state index is 12.6. The molecule has 0 bridgehead atoms. The number of rotatable bonds is 4. The molecule has 3 rings (SSSR count). The Kier molecular flexibility index (Phi) is 5.56. The molecular weight excluding hydrogens is 328 g/mol. The molecule has 0 aromatic heterocycles. The summed E-state index contributed by atoms with van der Waals surface area (Å²) in [5.41, 5.74) is 2.30. The summed E-state index contributed by atoms with van der Waals surface area (Å²) in [5.74, 6) is -0.197. The number of phenols is 1. The van der Waals surface area contributed by atoms with E-state index in [4.69, 9.17) is 0 Å². The zero-order chi connectivity index (χ0) is 18.5. The van der Waals surface area contributed by atoms with E-state index >= 15 is 0 Å². The number of likely N-dealkylation sites (tertiary alicyclic amines) is 1. The minimum atomic E-state index is -0.175. The van der Waals surface area contributed by atoms with Gasteiger partial charge in [0.2, 0.25) is 5.91 Å². The fourth-order valence-corrected chi connectivity index (χ4v) is 3.27. The minimum Gasteiger partial charge on any atom is -0.507 e. The average molecular weight is 352 g/mol. The van der Waals surface area contributed by atoms with E-state index in [1.807, 2.05) is 43.3 Å². The second-order valence-corrected chi connectivity index (χ2v) is 6.79. The Morgan fingerprint density at radius 2 is 1.81 bits per heavy atom. The molecule has 0 spiro atoms. The van der Waals surface area contributed by atoms with Crippen LogP contribution in [0.1, 0.15) is 34.3 Å². The van der Waals surface area contributed by atoms with E-state index in [2.05, 4.69) is 5.32 Å². The summed E-state index contributed by atoms with van der Waals surface area (Å²) in [7, 11) is 0. The zero-order valence-electron chi connectivity index (χ0n) is 14.9. The molecule has 0 atom stereocenters. The molecule has 1 aliphatic rings. The Hall–Kier alpha value is -2.82. The summed E-state index contributed by atoms with van der Waals surface area (Å²) in [4.78, 5) is 26.7. The highest BCUT2D eigenvalue weighted by atomic mass is 16.3. The lowest BCUT2D eigenvalue weighted by Gasteiger charge is -2.31. The summed E-state index contributed by atoms with van der Waals surface area (Å²) in [5, 5.41) is 13.0. The molecule has 5 heteroatoms. The molecule has 2 amide bonds. The first kappa shape index (κ1) is 18.0.